The van der Waals surface area contributed by atoms with Crippen LogP contribution in [0.15, 0.2) is 11.6 Å². The maximum atomic E-state index is 17.5. The number of carboxylic acid groups (broad SMARTS) is 1. The van der Waals surface area contributed by atoms with Crippen LogP contribution in [0, 0.1) is 22.7 Å². The first kappa shape index (κ1) is 27.5. The van der Waals surface area contributed by atoms with E-state index in [4.69, 9.17) is 9.47 Å². The van der Waals surface area contributed by atoms with Gasteiger partial charge in [0.1, 0.15) is 28.1 Å². The summed E-state index contributed by atoms with van der Waals surface area (Å²) >= 11 is 1.09. The minimum absolute atomic E-state index is 0.00284. The number of ketones is 1. The van der Waals surface area contributed by atoms with Gasteiger partial charge in [-0.25, -0.2) is 8.78 Å². The highest BCUT2D eigenvalue weighted by Gasteiger charge is 2.79. The van der Waals surface area contributed by atoms with Crippen molar-refractivity contribution >= 4 is 23.5 Å². The highest BCUT2D eigenvalue weighted by atomic mass is 32.2. The zero-order chi connectivity index (χ0) is 27.0. The molecule has 10 heteroatoms. The van der Waals surface area contributed by atoms with Crippen LogP contribution in [0.25, 0.3) is 0 Å². The summed E-state index contributed by atoms with van der Waals surface area (Å²) in [6.07, 6.45) is -1.01. The Kier molecular flexibility index (Phi) is 6.87. The molecule has 4 fully saturated rings. The fraction of sp³-hybridized carbons (Fsp3) is 0.852. The van der Waals surface area contributed by atoms with Gasteiger partial charge in [-0.1, -0.05) is 27.2 Å². The third-order valence-electron chi connectivity index (χ3n) is 10.2. The molecule has 0 aromatic rings. The molecule has 0 aromatic heterocycles. The van der Waals surface area contributed by atoms with Crippen LogP contribution in [0.4, 0.5) is 8.78 Å². The lowest BCUT2D eigenvalue weighted by atomic mass is 9.44. The van der Waals surface area contributed by atoms with E-state index in [1.165, 1.54) is 6.08 Å². The molecule has 0 bridgehead atoms. The quantitative estimate of drug-likeness (QED) is 0.442. The molecule has 5 aliphatic rings. The molecule has 3 N–H and O–H groups in total. The maximum absolute atomic E-state index is 17.5. The number of fused-ring (bicyclic) bond motifs is 7. The van der Waals surface area contributed by atoms with E-state index in [1.54, 1.807) is 6.92 Å². The number of thioether (sulfide) groups is 1. The second-order valence-corrected chi connectivity index (χ2v) is 13.5. The van der Waals surface area contributed by atoms with E-state index >= 15 is 8.78 Å². The first-order valence-electron chi connectivity index (χ1n) is 13.5. The van der Waals surface area contributed by atoms with Crippen molar-refractivity contribution < 1.29 is 43.2 Å². The lowest BCUT2D eigenvalue weighted by molar-refractivity contribution is -0.232. The monoisotopic (exact) mass is 544 g/mol. The van der Waals surface area contributed by atoms with Crippen LogP contribution in [-0.2, 0) is 19.1 Å². The van der Waals surface area contributed by atoms with Crippen molar-refractivity contribution in [3.05, 3.63) is 11.6 Å². The fourth-order valence-electron chi connectivity index (χ4n) is 8.42. The minimum Gasteiger partial charge on any atom is -0.480 e. The summed E-state index contributed by atoms with van der Waals surface area (Å²) in [6.45, 7) is 5.21. The minimum atomic E-state index is -2.14. The van der Waals surface area contributed by atoms with E-state index in [0.717, 1.165) is 18.2 Å². The predicted octanol–water partition coefficient (Wildman–Crippen LogP) is 3.95. The second kappa shape index (κ2) is 9.25. The number of allylic oxidation sites excluding steroid dienone is 1. The first-order valence-corrected chi connectivity index (χ1v) is 14.4. The van der Waals surface area contributed by atoms with Crippen molar-refractivity contribution in [2.45, 2.75) is 113 Å². The average molecular weight is 545 g/mol. The molecular formula is C27H38F2O7S. The smallest absolute Gasteiger partial charge is 0.316 e. The molecule has 208 valence electrons. The highest BCUT2D eigenvalue weighted by molar-refractivity contribution is 8.01. The number of rotatable bonds is 7. The van der Waals surface area contributed by atoms with Crippen molar-refractivity contribution in [2.75, 3.05) is 6.61 Å². The zero-order valence-corrected chi connectivity index (χ0v) is 22.4. The number of carbonyl (C=O) groups excluding carboxylic acids is 1. The molecule has 1 heterocycles. The summed E-state index contributed by atoms with van der Waals surface area (Å²) in [5.41, 5.74) is -4.21. The van der Waals surface area contributed by atoms with Gasteiger partial charge in [0.15, 0.2) is 12.1 Å². The van der Waals surface area contributed by atoms with E-state index in [-0.39, 0.29) is 50.1 Å². The summed E-state index contributed by atoms with van der Waals surface area (Å²) < 4.78 is 46.0. The molecule has 1 saturated heterocycles. The number of aliphatic hydroxyl groups is 2. The zero-order valence-electron chi connectivity index (χ0n) is 21.6. The molecule has 4 aliphatic carbocycles. The van der Waals surface area contributed by atoms with E-state index in [9.17, 15) is 24.9 Å². The molecule has 0 radical (unpaired) electrons. The van der Waals surface area contributed by atoms with Gasteiger partial charge in [0.2, 0.25) is 0 Å². The number of ether oxygens (including phenoxy) is 2. The number of hydrogen-bond acceptors (Lipinski definition) is 7. The summed E-state index contributed by atoms with van der Waals surface area (Å²) in [4.78, 5) is 23.1. The Balaban J connectivity index is 1.59. The Morgan fingerprint density at radius 2 is 2.03 bits per heavy atom. The summed E-state index contributed by atoms with van der Waals surface area (Å²) in [7, 11) is 0. The van der Waals surface area contributed by atoms with Gasteiger partial charge in [-0.05, 0) is 56.1 Å². The molecule has 11 atom stereocenters. The van der Waals surface area contributed by atoms with Gasteiger partial charge >= 0.3 is 5.97 Å². The lowest BCUT2D eigenvalue weighted by Crippen LogP contribution is -2.70. The maximum Gasteiger partial charge on any atom is 0.316 e. The number of aliphatic hydroxyl groups excluding tert-OH is 2. The van der Waals surface area contributed by atoms with Gasteiger partial charge in [-0.3, -0.25) is 9.59 Å². The van der Waals surface area contributed by atoms with E-state index in [0.29, 0.717) is 12.8 Å². The van der Waals surface area contributed by atoms with Crippen molar-refractivity contribution in [2.24, 2.45) is 22.7 Å². The topological polar surface area (TPSA) is 113 Å². The highest BCUT2D eigenvalue weighted by Crippen LogP contribution is 2.74. The van der Waals surface area contributed by atoms with E-state index < -0.39 is 69.2 Å². The number of alkyl halides is 2. The number of halogens is 2. The molecule has 1 aliphatic heterocycles. The Labute approximate surface area is 220 Å². The van der Waals surface area contributed by atoms with Crippen LogP contribution in [0.1, 0.15) is 72.1 Å². The number of hydrogen-bond donors (Lipinski definition) is 3. The molecule has 0 spiro atoms. The summed E-state index contributed by atoms with van der Waals surface area (Å²) in [5.74, 6) is -2.59. The second-order valence-electron chi connectivity index (χ2n) is 12.0. The third kappa shape index (κ3) is 3.65. The Morgan fingerprint density at radius 1 is 1.30 bits per heavy atom. The van der Waals surface area contributed by atoms with Crippen molar-refractivity contribution in [3.8, 4) is 0 Å². The van der Waals surface area contributed by atoms with Crippen molar-refractivity contribution in [3.63, 3.8) is 0 Å². The van der Waals surface area contributed by atoms with Crippen LogP contribution in [0.3, 0.4) is 0 Å². The summed E-state index contributed by atoms with van der Waals surface area (Å²) in [6, 6.07) is 0. The molecule has 37 heavy (non-hydrogen) atoms. The predicted molar refractivity (Wildman–Crippen MR) is 132 cm³/mol. The number of carboxylic acids is 1. The normalized spacial score (nSPS) is 49.5. The Bertz CT molecular complexity index is 994. The van der Waals surface area contributed by atoms with Crippen LogP contribution in [-0.4, -0.2) is 74.2 Å². The van der Waals surface area contributed by atoms with Crippen molar-refractivity contribution in [1.29, 1.82) is 0 Å². The number of aliphatic carboxylic acids is 1. The largest absolute Gasteiger partial charge is 0.480 e. The van der Waals surface area contributed by atoms with E-state index in [2.05, 4.69) is 0 Å². The van der Waals surface area contributed by atoms with E-state index in [1.807, 2.05) is 13.8 Å². The Hall–Kier alpha value is -1.07. The van der Waals surface area contributed by atoms with Crippen LogP contribution in [0.5, 0.6) is 0 Å². The van der Waals surface area contributed by atoms with Gasteiger partial charge < -0.3 is 24.8 Å². The SMILES string of the molecule is CCC[C@@H]1O[C@@H]2CC3C4C[C@H](F)C5=CC(=O)CC[C@]5(C)[C@@]4(F)[C@@H](O)C[C@]3(C)[C@]2(SC(CCO)C(=O)O)O1. The molecule has 7 nitrogen and oxygen atoms in total. The lowest BCUT2D eigenvalue weighted by Gasteiger charge is -2.64. The molecular weight excluding hydrogens is 506 g/mol. The average Bonchev–Trinajstić information content (AvgIpc) is 3.28. The molecule has 0 aromatic carbocycles. The van der Waals surface area contributed by atoms with Crippen LogP contribution in [0.2, 0.25) is 0 Å². The molecule has 3 saturated carbocycles. The van der Waals surface area contributed by atoms with Crippen molar-refractivity contribution in [1.82, 2.24) is 0 Å². The van der Waals surface area contributed by atoms with Gasteiger partial charge in [0.05, 0.1) is 6.10 Å². The molecule has 5 rings (SSSR count). The standard InChI is InChI=1S/C27H38F2O7S/c1-4-5-22-35-21-12-15-16-11-18(28)17-10-14(31)6-8-24(17,2)26(16,29)20(32)13-25(15,3)27(21,36-22)37-19(7-9-30)23(33)34/h10,15-16,18-22,30,32H,4-9,11-13H2,1-3H3,(H,33,34)/t15?,16?,18-,19?,20-,21+,22+,24-,25-,26-,27-/m0/s1. The Morgan fingerprint density at radius 3 is 2.68 bits per heavy atom. The first-order chi connectivity index (χ1) is 17.4. The third-order valence-corrected chi connectivity index (χ3v) is 12.1. The van der Waals surface area contributed by atoms with Gasteiger partial charge in [0, 0.05) is 29.8 Å². The summed E-state index contributed by atoms with van der Waals surface area (Å²) in [5, 5.41) is 30.1. The molecule has 3 unspecified atom stereocenters. The molecule has 0 amide bonds. The van der Waals surface area contributed by atoms with Gasteiger partial charge in [0.25, 0.3) is 0 Å². The van der Waals surface area contributed by atoms with Crippen LogP contribution >= 0.6 is 11.8 Å². The number of carbonyl (C=O) groups is 2. The fourth-order valence-corrected chi connectivity index (χ4v) is 10.1. The van der Waals surface area contributed by atoms with Gasteiger partial charge in [-0.2, -0.15) is 0 Å². The van der Waals surface area contributed by atoms with Crippen LogP contribution < -0.4 is 0 Å². The van der Waals surface area contributed by atoms with Gasteiger partial charge in [-0.15, -0.1) is 11.8 Å².